The van der Waals surface area contributed by atoms with Gasteiger partial charge in [0.05, 0.1) is 13.4 Å². The number of phosphoric ester groups is 2. The molecule has 0 aromatic heterocycles. The average molecular weight is 318 g/mol. The molecule has 116 valence electrons. The zero-order valence-corrected chi connectivity index (χ0v) is 13.1. The van der Waals surface area contributed by atoms with Crippen molar-refractivity contribution >= 4 is 15.6 Å². The zero-order chi connectivity index (χ0) is 15.5. The second-order valence-corrected chi connectivity index (χ2v) is 7.21. The lowest BCUT2D eigenvalue weighted by molar-refractivity contribution is -0.354. The molecule has 0 saturated heterocycles. The van der Waals surface area contributed by atoms with Crippen LogP contribution in [0.2, 0.25) is 0 Å². The van der Waals surface area contributed by atoms with E-state index in [1.807, 2.05) is 6.92 Å². The van der Waals surface area contributed by atoms with Crippen LogP contribution in [0, 0.1) is 0 Å². The van der Waals surface area contributed by atoms with Crippen LogP contribution in [0.4, 0.5) is 0 Å². The number of hydrogen-bond donors (Lipinski definition) is 2. The molecule has 0 aromatic rings. The van der Waals surface area contributed by atoms with Crippen LogP contribution in [0.25, 0.3) is 0 Å². The molecular weight excluding hydrogens is 298 g/mol. The van der Waals surface area contributed by atoms with E-state index in [4.69, 9.17) is 9.79 Å². The standard InChI is InChI=1S/C9H22O8P2/c1-5-6-7-9(4,17-19(13,14)15)8(2,3)16-18(10,11)12/h5-7H2,1-4H3,(H2,10,11,12)(H2,13,14,15)/p-2. The highest BCUT2D eigenvalue weighted by atomic mass is 31.2. The van der Waals surface area contributed by atoms with Crippen LogP contribution in [0.15, 0.2) is 0 Å². The van der Waals surface area contributed by atoms with Gasteiger partial charge in [0.25, 0.3) is 0 Å². The van der Waals surface area contributed by atoms with Crippen LogP contribution >= 0.6 is 15.6 Å². The van der Waals surface area contributed by atoms with Gasteiger partial charge in [-0.05, 0) is 27.2 Å². The van der Waals surface area contributed by atoms with Crippen LogP contribution in [0.5, 0.6) is 0 Å². The quantitative estimate of drug-likeness (QED) is 0.622. The second-order valence-electron chi connectivity index (χ2n) is 4.97. The van der Waals surface area contributed by atoms with Gasteiger partial charge in [0.2, 0.25) is 0 Å². The molecule has 10 heteroatoms. The van der Waals surface area contributed by atoms with Crippen molar-refractivity contribution in [3.05, 3.63) is 0 Å². The van der Waals surface area contributed by atoms with Gasteiger partial charge in [-0.1, -0.05) is 19.8 Å². The molecule has 1 unspecified atom stereocenters. The van der Waals surface area contributed by atoms with Crippen molar-refractivity contribution in [3.63, 3.8) is 0 Å². The third-order valence-corrected chi connectivity index (χ3v) is 4.26. The van der Waals surface area contributed by atoms with Gasteiger partial charge in [-0.2, -0.15) is 0 Å². The Kier molecular flexibility index (Phi) is 6.40. The highest BCUT2D eigenvalue weighted by Gasteiger charge is 2.47. The molecule has 0 rings (SSSR count). The minimum Gasteiger partial charge on any atom is -0.790 e. The summed E-state index contributed by atoms with van der Waals surface area (Å²) in [6, 6.07) is 0. The van der Waals surface area contributed by atoms with E-state index in [-0.39, 0.29) is 6.42 Å². The van der Waals surface area contributed by atoms with Crippen LogP contribution in [0.3, 0.4) is 0 Å². The Balaban J connectivity index is 5.32. The minimum atomic E-state index is -5.32. The molecule has 0 radical (unpaired) electrons. The fraction of sp³-hybridized carbons (Fsp3) is 1.00. The van der Waals surface area contributed by atoms with Crippen LogP contribution in [-0.4, -0.2) is 21.0 Å². The molecule has 0 saturated carbocycles. The first-order valence-electron chi connectivity index (χ1n) is 5.71. The van der Waals surface area contributed by atoms with Gasteiger partial charge in [-0.25, -0.2) is 4.57 Å². The Labute approximate surface area is 112 Å². The lowest BCUT2D eigenvalue weighted by Gasteiger charge is -2.48. The summed E-state index contributed by atoms with van der Waals surface area (Å²) in [5.74, 6) is 0. The molecule has 0 heterocycles. The van der Waals surface area contributed by atoms with Crippen LogP contribution < -0.4 is 9.79 Å². The second kappa shape index (κ2) is 6.33. The Morgan fingerprint density at radius 1 is 1.11 bits per heavy atom. The zero-order valence-electron chi connectivity index (χ0n) is 11.4. The summed E-state index contributed by atoms with van der Waals surface area (Å²) in [6.07, 6.45) is 1.29. The van der Waals surface area contributed by atoms with E-state index < -0.39 is 26.8 Å². The largest absolute Gasteiger partial charge is 0.790 e. The molecule has 0 aromatic carbocycles. The molecule has 0 aliphatic heterocycles. The van der Waals surface area contributed by atoms with E-state index in [0.29, 0.717) is 12.8 Å². The maximum Gasteiger partial charge on any atom is 0.470 e. The van der Waals surface area contributed by atoms with Crippen LogP contribution in [-0.2, 0) is 18.2 Å². The number of phosphoric acid groups is 2. The predicted molar refractivity (Wildman–Crippen MR) is 63.8 cm³/mol. The molecule has 0 aliphatic carbocycles. The molecular formula is C9H20O8P2-2. The first-order chi connectivity index (χ1) is 8.22. The lowest BCUT2D eigenvalue weighted by atomic mass is 9.83. The Morgan fingerprint density at radius 3 is 1.89 bits per heavy atom. The van der Waals surface area contributed by atoms with E-state index in [1.54, 1.807) is 0 Å². The van der Waals surface area contributed by atoms with E-state index in [0.717, 1.165) is 0 Å². The molecule has 2 N–H and O–H groups in total. The SMILES string of the molecule is CCCCC(C)(OP(=O)([O-])[O-])C(C)(C)OP(=O)(O)O. The molecule has 0 amide bonds. The van der Waals surface area contributed by atoms with E-state index in [9.17, 15) is 18.9 Å². The van der Waals surface area contributed by atoms with Crippen molar-refractivity contribution in [1.29, 1.82) is 0 Å². The summed E-state index contributed by atoms with van der Waals surface area (Å²) in [5, 5.41) is 0. The molecule has 19 heavy (non-hydrogen) atoms. The molecule has 0 fully saturated rings. The summed E-state index contributed by atoms with van der Waals surface area (Å²) in [5.41, 5.74) is -3.32. The summed E-state index contributed by atoms with van der Waals surface area (Å²) >= 11 is 0. The lowest BCUT2D eigenvalue weighted by Crippen LogP contribution is -2.52. The minimum absolute atomic E-state index is 0.102. The van der Waals surface area contributed by atoms with E-state index >= 15 is 0 Å². The van der Waals surface area contributed by atoms with Gasteiger partial charge in [0, 0.05) is 0 Å². The third-order valence-electron chi connectivity index (χ3n) is 2.94. The highest BCUT2D eigenvalue weighted by Crippen LogP contribution is 2.50. The van der Waals surface area contributed by atoms with Gasteiger partial charge < -0.3 is 28.7 Å². The van der Waals surface area contributed by atoms with Gasteiger partial charge in [-0.3, -0.25) is 4.52 Å². The first-order valence-corrected chi connectivity index (χ1v) is 8.71. The number of rotatable bonds is 8. The summed E-state index contributed by atoms with van der Waals surface area (Å²) < 4.78 is 30.8. The van der Waals surface area contributed by atoms with Gasteiger partial charge in [0.1, 0.15) is 5.60 Å². The smallest absolute Gasteiger partial charge is 0.470 e. The van der Waals surface area contributed by atoms with Crippen molar-refractivity contribution in [2.24, 2.45) is 0 Å². The topological polar surface area (TPSA) is 139 Å². The maximum absolute atomic E-state index is 10.9. The average Bonchev–Trinajstić information content (AvgIpc) is 2.07. The van der Waals surface area contributed by atoms with Crippen molar-refractivity contribution in [3.8, 4) is 0 Å². The first kappa shape index (κ1) is 19.2. The molecule has 1 atom stereocenters. The van der Waals surface area contributed by atoms with Crippen molar-refractivity contribution in [2.45, 2.75) is 58.2 Å². The van der Waals surface area contributed by atoms with Crippen molar-refractivity contribution in [1.82, 2.24) is 0 Å². The fourth-order valence-corrected chi connectivity index (χ4v) is 3.20. The third kappa shape index (κ3) is 6.97. The maximum atomic E-state index is 10.9. The monoisotopic (exact) mass is 318 g/mol. The Morgan fingerprint density at radius 2 is 1.58 bits per heavy atom. The molecule has 0 aliphatic rings. The molecule has 8 nitrogen and oxygen atoms in total. The van der Waals surface area contributed by atoms with E-state index in [1.165, 1.54) is 20.8 Å². The van der Waals surface area contributed by atoms with Gasteiger partial charge in [-0.15, -0.1) is 0 Å². The highest BCUT2D eigenvalue weighted by molar-refractivity contribution is 7.46. The Hall–Kier alpha value is 0.220. The summed E-state index contributed by atoms with van der Waals surface area (Å²) in [4.78, 5) is 39.3. The van der Waals surface area contributed by atoms with Crippen LogP contribution in [0.1, 0.15) is 47.0 Å². The van der Waals surface area contributed by atoms with Gasteiger partial charge in [0.15, 0.2) is 0 Å². The van der Waals surface area contributed by atoms with Crippen molar-refractivity contribution < 1.29 is 37.8 Å². The summed E-state index contributed by atoms with van der Waals surface area (Å²) in [7, 11) is -10.2. The Bertz CT molecular complexity index is 384. The van der Waals surface area contributed by atoms with Gasteiger partial charge >= 0.3 is 7.82 Å². The fourth-order valence-electron chi connectivity index (χ4n) is 1.61. The number of unbranched alkanes of at least 4 members (excludes halogenated alkanes) is 1. The van der Waals surface area contributed by atoms with Crippen molar-refractivity contribution in [2.75, 3.05) is 0 Å². The predicted octanol–water partition coefficient (Wildman–Crippen LogP) is 0.668. The normalized spacial score (nSPS) is 17.3. The molecule has 0 spiro atoms. The molecule has 0 bridgehead atoms. The van der Waals surface area contributed by atoms with E-state index in [2.05, 4.69) is 9.05 Å². The number of hydrogen-bond acceptors (Lipinski definition) is 6. The summed E-state index contributed by atoms with van der Waals surface area (Å²) in [6.45, 7) is 5.64.